The van der Waals surface area contributed by atoms with E-state index in [4.69, 9.17) is 28.9 Å². The minimum Gasteiger partial charge on any atom is -0.368 e. The van der Waals surface area contributed by atoms with E-state index in [2.05, 4.69) is 5.32 Å². The quantitative estimate of drug-likeness (QED) is 0.800. The van der Waals surface area contributed by atoms with Crippen molar-refractivity contribution in [2.24, 2.45) is 5.73 Å². The predicted molar refractivity (Wildman–Crippen MR) is 91.4 cm³/mol. The summed E-state index contributed by atoms with van der Waals surface area (Å²) in [5.74, 6) is -2.94. The number of benzene rings is 2. The van der Waals surface area contributed by atoms with Crippen LogP contribution in [0.1, 0.15) is 11.1 Å². The maximum atomic E-state index is 13.2. The highest BCUT2D eigenvalue weighted by Crippen LogP contribution is 2.22. The smallest absolute Gasteiger partial charge is 0.240 e. The van der Waals surface area contributed by atoms with Gasteiger partial charge in [-0.3, -0.25) is 9.59 Å². The largest absolute Gasteiger partial charge is 0.368 e. The highest BCUT2D eigenvalue weighted by atomic mass is 35.5. The number of primary amides is 1. The number of carbonyl (C=O) groups is 2. The summed E-state index contributed by atoms with van der Waals surface area (Å²) >= 11 is 11.9. The molecule has 2 aromatic rings. The number of carbonyl (C=O) groups excluding carboxylic acids is 2. The van der Waals surface area contributed by atoms with E-state index in [1.165, 1.54) is 6.07 Å². The summed E-state index contributed by atoms with van der Waals surface area (Å²) in [6, 6.07) is 6.48. The summed E-state index contributed by atoms with van der Waals surface area (Å²) in [5.41, 5.74) is 6.03. The van der Waals surface area contributed by atoms with Gasteiger partial charge in [0.05, 0.1) is 6.42 Å². The first-order valence-electron chi connectivity index (χ1n) is 7.22. The molecule has 0 fully saturated rings. The molecule has 0 bridgehead atoms. The molecule has 0 radical (unpaired) electrons. The fourth-order valence-corrected chi connectivity index (χ4v) is 2.76. The van der Waals surface area contributed by atoms with E-state index >= 15 is 0 Å². The van der Waals surface area contributed by atoms with Crippen molar-refractivity contribution < 1.29 is 18.4 Å². The predicted octanol–water partition coefficient (Wildman–Crippen LogP) is 3.03. The molecule has 0 aliphatic rings. The Morgan fingerprint density at radius 1 is 1.08 bits per heavy atom. The van der Waals surface area contributed by atoms with E-state index < -0.39 is 29.5 Å². The molecule has 1 atom stereocenters. The lowest BCUT2D eigenvalue weighted by atomic mass is 10.0. The summed E-state index contributed by atoms with van der Waals surface area (Å²) in [4.78, 5) is 23.7. The zero-order valence-corrected chi connectivity index (χ0v) is 14.4. The van der Waals surface area contributed by atoms with Gasteiger partial charge in [-0.2, -0.15) is 0 Å². The molecule has 3 N–H and O–H groups in total. The zero-order valence-electron chi connectivity index (χ0n) is 12.9. The van der Waals surface area contributed by atoms with Gasteiger partial charge in [0.15, 0.2) is 0 Å². The lowest BCUT2D eigenvalue weighted by Crippen LogP contribution is -2.46. The Hall–Kier alpha value is -2.18. The molecule has 0 saturated heterocycles. The third-order valence-corrected chi connectivity index (χ3v) is 3.99. The van der Waals surface area contributed by atoms with Gasteiger partial charge in [-0.05, 0) is 35.4 Å². The van der Waals surface area contributed by atoms with E-state index in [1.807, 2.05) is 0 Å². The first-order valence-corrected chi connectivity index (χ1v) is 7.98. The fraction of sp³-hybridized carbons (Fsp3) is 0.176. The molecule has 4 nitrogen and oxygen atoms in total. The Bertz CT molecular complexity index is 795. The SMILES string of the molecule is NC(=O)[C@@H](Cc1ccc(Cl)cc1Cl)NC(=O)Cc1cc(F)cc(F)c1. The Morgan fingerprint density at radius 2 is 1.72 bits per heavy atom. The van der Waals surface area contributed by atoms with Gasteiger partial charge in [0.2, 0.25) is 11.8 Å². The van der Waals surface area contributed by atoms with Gasteiger partial charge in [0, 0.05) is 22.5 Å². The topological polar surface area (TPSA) is 72.2 Å². The lowest BCUT2D eigenvalue weighted by molar-refractivity contribution is -0.127. The standard InChI is InChI=1S/C17H14Cl2F2N2O2/c18-11-2-1-10(14(19)7-11)6-15(17(22)25)23-16(24)5-9-3-12(20)8-13(21)4-9/h1-4,7-8,15H,5-6H2,(H2,22,25)(H,23,24)/t15-/m1/s1. The van der Waals surface area contributed by atoms with Crippen LogP contribution >= 0.6 is 23.2 Å². The molecule has 0 saturated carbocycles. The van der Waals surface area contributed by atoms with Crippen LogP contribution in [-0.4, -0.2) is 17.9 Å². The van der Waals surface area contributed by atoms with Gasteiger partial charge in [-0.1, -0.05) is 29.3 Å². The summed E-state index contributed by atoms with van der Waals surface area (Å²) in [6.45, 7) is 0. The second-order valence-electron chi connectivity index (χ2n) is 5.42. The maximum Gasteiger partial charge on any atom is 0.240 e. The van der Waals surface area contributed by atoms with Crippen molar-refractivity contribution in [2.45, 2.75) is 18.9 Å². The van der Waals surface area contributed by atoms with Crippen LogP contribution in [0.5, 0.6) is 0 Å². The number of amides is 2. The molecule has 8 heteroatoms. The van der Waals surface area contributed by atoms with Gasteiger partial charge in [0.25, 0.3) is 0 Å². The van der Waals surface area contributed by atoms with Crippen LogP contribution in [0.15, 0.2) is 36.4 Å². The van der Waals surface area contributed by atoms with Crippen LogP contribution in [0, 0.1) is 11.6 Å². The second kappa shape index (κ2) is 8.27. The Balaban J connectivity index is 2.07. The molecular formula is C17H14Cl2F2N2O2. The van der Waals surface area contributed by atoms with Crippen molar-refractivity contribution in [1.82, 2.24) is 5.32 Å². The highest BCUT2D eigenvalue weighted by Gasteiger charge is 2.20. The minimum atomic E-state index is -1.02. The summed E-state index contributed by atoms with van der Waals surface area (Å²) in [6.07, 6.45) is -0.235. The summed E-state index contributed by atoms with van der Waals surface area (Å²) in [7, 11) is 0. The molecule has 0 aliphatic carbocycles. The first-order chi connectivity index (χ1) is 11.7. The molecule has 0 aliphatic heterocycles. The van der Waals surface area contributed by atoms with Crippen LogP contribution in [0.4, 0.5) is 8.78 Å². The fourth-order valence-electron chi connectivity index (χ4n) is 2.27. The third-order valence-electron chi connectivity index (χ3n) is 3.40. The number of nitrogens with two attached hydrogens (primary N) is 1. The zero-order chi connectivity index (χ0) is 18.6. The molecule has 2 rings (SSSR count). The molecule has 2 amide bonds. The number of hydrogen-bond donors (Lipinski definition) is 2. The van der Waals surface area contributed by atoms with Crippen molar-refractivity contribution in [2.75, 3.05) is 0 Å². The number of halogens is 4. The molecule has 2 aromatic carbocycles. The van der Waals surface area contributed by atoms with Crippen LogP contribution in [-0.2, 0) is 22.4 Å². The van der Waals surface area contributed by atoms with Crippen molar-refractivity contribution in [3.8, 4) is 0 Å². The maximum absolute atomic E-state index is 13.2. The normalized spacial score (nSPS) is 11.8. The van der Waals surface area contributed by atoms with Crippen molar-refractivity contribution in [1.29, 1.82) is 0 Å². The lowest BCUT2D eigenvalue weighted by Gasteiger charge is -2.16. The van der Waals surface area contributed by atoms with Crippen LogP contribution in [0.25, 0.3) is 0 Å². The molecule has 0 aromatic heterocycles. The van der Waals surface area contributed by atoms with E-state index in [1.54, 1.807) is 12.1 Å². The average Bonchev–Trinajstić information content (AvgIpc) is 2.47. The van der Waals surface area contributed by atoms with Crippen LogP contribution < -0.4 is 11.1 Å². The van der Waals surface area contributed by atoms with E-state index in [0.717, 1.165) is 12.1 Å². The summed E-state index contributed by atoms with van der Waals surface area (Å²) in [5, 5.41) is 3.21. The van der Waals surface area contributed by atoms with Crippen molar-refractivity contribution in [3.63, 3.8) is 0 Å². The van der Waals surface area contributed by atoms with Crippen LogP contribution in [0.3, 0.4) is 0 Å². The Labute approximate surface area is 152 Å². The number of hydrogen-bond acceptors (Lipinski definition) is 2. The third kappa shape index (κ3) is 5.69. The summed E-state index contributed by atoms with van der Waals surface area (Å²) < 4.78 is 26.3. The second-order valence-corrected chi connectivity index (χ2v) is 6.26. The number of nitrogens with one attached hydrogen (secondary N) is 1. The van der Waals surface area contributed by atoms with E-state index in [0.29, 0.717) is 21.7 Å². The van der Waals surface area contributed by atoms with Crippen molar-refractivity contribution in [3.05, 3.63) is 69.2 Å². The molecule has 0 unspecified atom stereocenters. The van der Waals surface area contributed by atoms with E-state index in [9.17, 15) is 18.4 Å². The molecular weight excluding hydrogens is 373 g/mol. The van der Waals surface area contributed by atoms with Gasteiger partial charge in [-0.25, -0.2) is 8.78 Å². The van der Waals surface area contributed by atoms with E-state index in [-0.39, 0.29) is 18.4 Å². The first kappa shape index (κ1) is 19.1. The van der Waals surface area contributed by atoms with Crippen molar-refractivity contribution >= 4 is 35.0 Å². The number of rotatable bonds is 6. The van der Waals surface area contributed by atoms with Gasteiger partial charge in [0.1, 0.15) is 17.7 Å². The molecule has 25 heavy (non-hydrogen) atoms. The van der Waals surface area contributed by atoms with Gasteiger partial charge < -0.3 is 11.1 Å². The van der Waals surface area contributed by atoms with Gasteiger partial charge in [-0.15, -0.1) is 0 Å². The monoisotopic (exact) mass is 386 g/mol. The highest BCUT2D eigenvalue weighted by molar-refractivity contribution is 6.35. The Morgan fingerprint density at radius 3 is 2.28 bits per heavy atom. The molecule has 132 valence electrons. The molecule has 0 heterocycles. The Kier molecular flexibility index (Phi) is 6.33. The van der Waals surface area contributed by atoms with Crippen LogP contribution in [0.2, 0.25) is 10.0 Å². The average molecular weight is 387 g/mol. The molecule has 0 spiro atoms. The van der Waals surface area contributed by atoms with Gasteiger partial charge >= 0.3 is 0 Å². The minimum absolute atomic E-state index is 0.0641.